The van der Waals surface area contributed by atoms with Crippen molar-refractivity contribution in [2.24, 2.45) is 0 Å². The van der Waals surface area contributed by atoms with Gasteiger partial charge in [0.05, 0.1) is 0 Å². The lowest BCUT2D eigenvalue weighted by molar-refractivity contribution is 1.27. The van der Waals surface area contributed by atoms with Gasteiger partial charge in [0, 0.05) is 17.1 Å². The van der Waals surface area contributed by atoms with Crippen molar-refractivity contribution in [1.82, 2.24) is 0 Å². The van der Waals surface area contributed by atoms with Crippen molar-refractivity contribution in [3.8, 4) is 0 Å². The molecule has 0 saturated heterocycles. The molecular weight excluding hydrogens is 675 g/mol. The third-order valence-corrected chi connectivity index (χ3v) is 9.12. The molecule has 0 amide bonds. The van der Waals surface area contributed by atoms with E-state index in [1.165, 1.54) is 61.2 Å². The molecule has 284 valence electrons. The van der Waals surface area contributed by atoms with Crippen molar-refractivity contribution in [3.05, 3.63) is 231 Å². The maximum Gasteiger partial charge on any atom is 0.0462 e. The summed E-state index contributed by atoms with van der Waals surface area (Å²) in [7, 11) is 0. The second kappa shape index (κ2) is 22.3. The van der Waals surface area contributed by atoms with Crippen LogP contribution in [0.15, 0.2) is 170 Å². The molecule has 7 aromatic carbocycles. The van der Waals surface area contributed by atoms with Gasteiger partial charge in [0.2, 0.25) is 0 Å². The molecule has 0 fully saturated rings. The summed E-state index contributed by atoms with van der Waals surface area (Å²) < 4.78 is 0. The number of anilines is 3. The van der Waals surface area contributed by atoms with Crippen molar-refractivity contribution in [3.63, 3.8) is 0 Å². The molecule has 1 nitrogen and oxygen atoms in total. The van der Waals surface area contributed by atoms with Gasteiger partial charge >= 0.3 is 0 Å². The molecule has 0 atom stereocenters. The number of rotatable bonds is 7. The topological polar surface area (TPSA) is 3.24 Å². The Morgan fingerprint density at radius 1 is 0.232 bits per heavy atom. The van der Waals surface area contributed by atoms with Crippen LogP contribution in [0.1, 0.15) is 75.0 Å². The van der Waals surface area contributed by atoms with E-state index in [-0.39, 0.29) is 0 Å². The van der Waals surface area contributed by atoms with Gasteiger partial charge in [-0.15, -0.1) is 0 Å². The van der Waals surface area contributed by atoms with Crippen LogP contribution in [0.3, 0.4) is 0 Å². The average Bonchev–Trinajstić information content (AvgIpc) is 3.23. The minimum absolute atomic E-state index is 1.14. The molecule has 0 saturated carbocycles. The van der Waals surface area contributed by atoms with E-state index in [4.69, 9.17) is 0 Å². The van der Waals surface area contributed by atoms with Crippen LogP contribution in [0, 0.1) is 48.5 Å². The SMILES string of the molecule is CC.Cc1ccc(/C=C/c2ccc(/C=C/c3ccc(N(c4ccc(C)cc4)c4ccc(C)cc4)cc3)cc2)cc1.Cc1ccc(C)cc1.Cc1ccc(C)cc1. The highest BCUT2D eigenvalue weighted by Gasteiger charge is 2.12. The number of nitrogens with zero attached hydrogens (tertiary/aromatic N) is 1. The molecule has 7 aromatic rings. The van der Waals surface area contributed by atoms with E-state index >= 15 is 0 Å². The molecule has 0 spiro atoms. The maximum atomic E-state index is 2.30. The van der Waals surface area contributed by atoms with E-state index in [2.05, 4.69) is 248 Å². The minimum Gasteiger partial charge on any atom is -0.311 e. The monoisotopic (exact) mass is 733 g/mol. The van der Waals surface area contributed by atoms with E-state index < -0.39 is 0 Å². The van der Waals surface area contributed by atoms with E-state index in [1.807, 2.05) is 13.8 Å². The number of hydrogen-bond donors (Lipinski definition) is 0. The van der Waals surface area contributed by atoms with E-state index in [1.54, 1.807) is 0 Å². The van der Waals surface area contributed by atoms with Gasteiger partial charge in [0.15, 0.2) is 0 Å². The Balaban J connectivity index is 0.000000317. The molecular formula is C55H59N. The summed E-state index contributed by atoms with van der Waals surface area (Å²) in [4.78, 5) is 2.30. The van der Waals surface area contributed by atoms with Crippen molar-refractivity contribution >= 4 is 41.4 Å². The van der Waals surface area contributed by atoms with Crippen molar-refractivity contribution in [2.45, 2.75) is 62.3 Å². The third-order valence-electron chi connectivity index (χ3n) is 9.12. The molecule has 0 heterocycles. The predicted molar refractivity (Wildman–Crippen MR) is 249 cm³/mol. The van der Waals surface area contributed by atoms with Gasteiger partial charge < -0.3 is 4.90 Å². The van der Waals surface area contributed by atoms with Gasteiger partial charge in [-0.1, -0.05) is 211 Å². The van der Waals surface area contributed by atoms with E-state index in [0.717, 1.165) is 17.1 Å². The summed E-state index contributed by atoms with van der Waals surface area (Å²) in [5.74, 6) is 0. The molecule has 7 rings (SSSR count). The van der Waals surface area contributed by atoms with Gasteiger partial charge in [-0.25, -0.2) is 0 Å². The maximum absolute atomic E-state index is 2.30. The van der Waals surface area contributed by atoms with Gasteiger partial charge in [0.25, 0.3) is 0 Å². The Hall–Kier alpha value is -6.18. The fourth-order valence-electron chi connectivity index (χ4n) is 5.62. The van der Waals surface area contributed by atoms with Gasteiger partial charge in [-0.2, -0.15) is 0 Å². The molecule has 0 N–H and O–H groups in total. The summed E-state index contributed by atoms with van der Waals surface area (Å²) in [5.41, 5.74) is 17.3. The zero-order valence-electron chi connectivity index (χ0n) is 34.9. The van der Waals surface area contributed by atoms with Crippen molar-refractivity contribution in [2.75, 3.05) is 4.90 Å². The van der Waals surface area contributed by atoms with Crippen LogP contribution in [0.2, 0.25) is 0 Å². The quantitative estimate of drug-likeness (QED) is 0.147. The summed E-state index contributed by atoms with van der Waals surface area (Å²) in [6, 6.07) is 60.3. The first-order valence-electron chi connectivity index (χ1n) is 19.7. The average molecular weight is 734 g/mol. The fourth-order valence-corrected chi connectivity index (χ4v) is 5.62. The molecule has 0 aliphatic rings. The predicted octanol–water partition coefficient (Wildman–Crippen LogP) is 16.1. The lowest BCUT2D eigenvalue weighted by Crippen LogP contribution is -2.09. The second-order valence-corrected chi connectivity index (χ2v) is 14.2. The largest absolute Gasteiger partial charge is 0.311 e. The highest BCUT2D eigenvalue weighted by Crippen LogP contribution is 2.35. The Kier molecular flexibility index (Phi) is 16.9. The Labute approximate surface area is 338 Å². The summed E-state index contributed by atoms with van der Waals surface area (Å²) in [6.07, 6.45) is 8.65. The lowest BCUT2D eigenvalue weighted by Gasteiger charge is -2.25. The van der Waals surface area contributed by atoms with Gasteiger partial charge in [0.1, 0.15) is 0 Å². The number of hydrogen-bond acceptors (Lipinski definition) is 1. The first kappa shape index (κ1) is 42.6. The highest BCUT2D eigenvalue weighted by atomic mass is 15.1. The van der Waals surface area contributed by atoms with E-state index in [9.17, 15) is 0 Å². The fraction of sp³-hybridized carbons (Fsp3) is 0.164. The van der Waals surface area contributed by atoms with Crippen molar-refractivity contribution in [1.29, 1.82) is 0 Å². The van der Waals surface area contributed by atoms with Gasteiger partial charge in [-0.05, 0) is 107 Å². The van der Waals surface area contributed by atoms with Crippen molar-refractivity contribution < 1.29 is 0 Å². The Bertz CT molecular complexity index is 2070. The highest BCUT2D eigenvalue weighted by molar-refractivity contribution is 5.78. The van der Waals surface area contributed by atoms with Crippen LogP contribution in [-0.2, 0) is 0 Å². The Morgan fingerprint density at radius 2 is 0.375 bits per heavy atom. The van der Waals surface area contributed by atoms with E-state index in [0.29, 0.717) is 0 Å². The lowest BCUT2D eigenvalue weighted by atomic mass is 10.1. The molecule has 0 unspecified atom stereocenters. The van der Waals surface area contributed by atoms with Crippen LogP contribution >= 0.6 is 0 Å². The smallest absolute Gasteiger partial charge is 0.0462 e. The zero-order chi connectivity index (χ0) is 40.3. The minimum atomic E-state index is 1.14. The molecule has 0 aliphatic heterocycles. The van der Waals surface area contributed by atoms with Gasteiger partial charge in [-0.3, -0.25) is 0 Å². The second-order valence-electron chi connectivity index (χ2n) is 14.2. The Morgan fingerprint density at radius 3 is 0.607 bits per heavy atom. The summed E-state index contributed by atoms with van der Waals surface area (Å²) >= 11 is 0. The standard InChI is InChI=1S/C37H33N.2C8H10.C2H6/c1-28-4-10-31(11-5-28)12-13-32-14-16-33(17-15-32)18-19-34-20-26-37(27-21-34)38(35-22-6-29(2)7-23-35)36-24-8-30(3)9-25-36;2*1-7-3-5-8(2)6-4-7;1-2/h4-27H,1-3H3;2*3-6H,1-2H3;1-2H3/b13-12+,19-18+;;;. The van der Waals surface area contributed by atoms with Crippen LogP contribution in [0.25, 0.3) is 24.3 Å². The molecule has 0 radical (unpaired) electrons. The normalized spacial score (nSPS) is 10.4. The molecule has 0 aromatic heterocycles. The molecule has 0 bridgehead atoms. The summed E-state index contributed by atoms with van der Waals surface area (Å²) in [5, 5.41) is 0. The molecule has 56 heavy (non-hydrogen) atoms. The first-order chi connectivity index (χ1) is 27.1. The molecule has 1 heteroatoms. The first-order valence-corrected chi connectivity index (χ1v) is 19.7. The number of benzene rings is 7. The van der Waals surface area contributed by atoms with Crippen LogP contribution in [0.4, 0.5) is 17.1 Å². The van der Waals surface area contributed by atoms with Crippen LogP contribution < -0.4 is 4.90 Å². The third kappa shape index (κ3) is 14.2. The van der Waals surface area contributed by atoms with Crippen LogP contribution in [-0.4, -0.2) is 0 Å². The van der Waals surface area contributed by atoms with Crippen LogP contribution in [0.5, 0.6) is 0 Å². The summed E-state index contributed by atoms with van der Waals surface area (Å²) in [6.45, 7) is 18.7. The number of aryl methyl sites for hydroxylation is 7. The molecule has 0 aliphatic carbocycles. The zero-order valence-corrected chi connectivity index (χ0v) is 34.9.